The van der Waals surface area contributed by atoms with Crippen LogP contribution in [0, 0.1) is 11.3 Å². The Labute approximate surface area is 171 Å². The van der Waals surface area contributed by atoms with Crippen molar-refractivity contribution in [3.05, 3.63) is 59.7 Å². The first kappa shape index (κ1) is 21.0. The molecule has 1 aliphatic rings. The molecule has 1 fully saturated rings. The summed E-state index contributed by atoms with van der Waals surface area (Å²) in [5.74, 6) is -0.337. The van der Waals surface area contributed by atoms with E-state index in [1.165, 1.54) is 28.6 Å². The van der Waals surface area contributed by atoms with Gasteiger partial charge in [0.15, 0.2) is 0 Å². The van der Waals surface area contributed by atoms with E-state index in [-0.39, 0.29) is 23.0 Å². The number of hydrogen-bond donors (Lipinski definition) is 1. The minimum absolute atomic E-state index is 0.149. The number of nitrogens with one attached hydrogen (secondary N) is 1. The highest BCUT2D eigenvalue weighted by Gasteiger charge is 2.32. The number of ether oxygens (including phenoxy) is 1. The van der Waals surface area contributed by atoms with Crippen molar-refractivity contribution in [2.24, 2.45) is 0 Å². The molecular formula is C21H23N3O4S. The number of carbonyl (C=O) groups excluding carboxylic acids is 1. The Morgan fingerprint density at radius 2 is 1.69 bits per heavy atom. The third-order valence-electron chi connectivity index (χ3n) is 4.64. The van der Waals surface area contributed by atoms with Crippen molar-refractivity contribution >= 4 is 21.6 Å². The highest BCUT2D eigenvalue weighted by atomic mass is 32.2. The zero-order valence-corrected chi connectivity index (χ0v) is 17.1. The van der Waals surface area contributed by atoms with E-state index in [0.29, 0.717) is 30.8 Å². The van der Waals surface area contributed by atoms with Gasteiger partial charge in [0, 0.05) is 24.3 Å². The van der Waals surface area contributed by atoms with Gasteiger partial charge in [0.1, 0.15) is 0 Å². The summed E-state index contributed by atoms with van der Waals surface area (Å²) in [6.45, 7) is 4.30. The Bertz CT molecular complexity index is 1000. The van der Waals surface area contributed by atoms with E-state index in [1.807, 2.05) is 13.8 Å². The Morgan fingerprint density at radius 1 is 1.10 bits per heavy atom. The molecule has 3 rings (SSSR count). The third kappa shape index (κ3) is 5.01. The van der Waals surface area contributed by atoms with Gasteiger partial charge in [0.25, 0.3) is 5.91 Å². The van der Waals surface area contributed by atoms with Gasteiger partial charge in [-0.3, -0.25) is 4.79 Å². The summed E-state index contributed by atoms with van der Waals surface area (Å²) >= 11 is 0. The van der Waals surface area contributed by atoms with Gasteiger partial charge in [0.05, 0.1) is 29.6 Å². The Morgan fingerprint density at radius 3 is 2.24 bits per heavy atom. The molecule has 0 saturated carbocycles. The summed E-state index contributed by atoms with van der Waals surface area (Å²) in [5, 5.41) is 11.5. The van der Waals surface area contributed by atoms with E-state index < -0.39 is 10.0 Å². The predicted octanol–water partition coefficient (Wildman–Crippen LogP) is 2.80. The second kappa shape index (κ2) is 8.74. The van der Waals surface area contributed by atoms with Gasteiger partial charge in [-0.2, -0.15) is 9.57 Å². The molecule has 0 aliphatic carbocycles. The fourth-order valence-corrected chi connectivity index (χ4v) is 4.85. The molecule has 1 amide bonds. The summed E-state index contributed by atoms with van der Waals surface area (Å²) in [6, 6.07) is 15.0. The maximum Gasteiger partial charge on any atom is 0.255 e. The van der Waals surface area contributed by atoms with Crippen LogP contribution in [0.15, 0.2) is 53.4 Å². The summed E-state index contributed by atoms with van der Waals surface area (Å²) in [5.41, 5.74) is 1.82. The highest BCUT2D eigenvalue weighted by Crippen LogP contribution is 2.22. The van der Waals surface area contributed by atoms with E-state index in [4.69, 9.17) is 10.00 Å². The number of hydrogen-bond acceptors (Lipinski definition) is 5. The molecule has 1 aliphatic heterocycles. The van der Waals surface area contributed by atoms with E-state index in [9.17, 15) is 13.2 Å². The molecule has 0 aromatic heterocycles. The molecular weight excluding hydrogens is 390 g/mol. The molecule has 1 heterocycles. The summed E-state index contributed by atoms with van der Waals surface area (Å²) in [6.07, 6.45) is -0.0264. The molecule has 29 heavy (non-hydrogen) atoms. The number of anilines is 1. The van der Waals surface area contributed by atoms with Gasteiger partial charge in [-0.15, -0.1) is 0 Å². The van der Waals surface area contributed by atoms with Crippen molar-refractivity contribution in [3.63, 3.8) is 0 Å². The smallest absolute Gasteiger partial charge is 0.255 e. The second-order valence-electron chi connectivity index (χ2n) is 7.09. The molecule has 2 aromatic rings. The number of rotatable bonds is 5. The van der Waals surface area contributed by atoms with E-state index >= 15 is 0 Å². The standard InChI is InChI=1S/C21H23N3O4S/c1-15-13-24(14-16(2)28-15)29(26,27)20-9-5-18(6-10-20)21(25)23-19-7-3-17(4-8-19)11-12-22/h3-10,15-16H,11,13-14H2,1-2H3,(H,23,25)/t15-,16-/m0/s1. The van der Waals surface area contributed by atoms with E-state index in [1.54, 1.807) is 24.3 Å². The molecule has 2 aromatic carbocycles. The number of benzene rings is 2. The zero-order valence-electron chi connectivity index (χ0n) is 16.3. The molecule has 2 atom stereocenters. The monoisotopic (exact) mass is 413 g/mol. The number of nitrogens with zero attached hydrogens (tertiary/aromatic N) is 2. The van der Waals surface area contributed by atoms with Crippen LogP contribution in [0.25, 0.3) is 0 Å². The fourth-order valence-electron chi connectivity index (χ4n) is 3.25. The summed E-state index contributed by atoms with van der Waals surface area (Å²) in [7, 11) is -3.64. The Hall–Kier alpha value is -2.73. The fraction of sp³-hybridized carbons (Fsp3) is 0.333. The number of nitriles is 1. The van der Waals surface area contributed by atoms with Crippen LogP contribution in [0.3, 0.4) is 0 Å². The van der Waals surface area contributed by atoms with Crippen LogP contribution in [0.5, 0.6) is 0 Å². The topological polar surface area (TPSA) is 99.5 Å². The molecule has 152 valence electrons. The molecule has 8 heteroatoms. The quantitative estimate of drug-likeness (QED) is 0.813. The molecule has 0 unspecified atom stereocenters. The minimum atomic E-state index is -3.64. The van der Waals surface area contributed by atoms with Gasteiger partial charge in [0.2, 0.25) is 10.0 Å². The Kier molecular flexibility index (Phi) is 6.33. The van der Waals surface area contributed by atoms with Gasteiger partial charge in [-0.05, 0) is 55.8 Å². The first-order valence-corrected chi connectivity index (χ1v) is 10.8. The number of morpholine rings is 1. The maximum atomic E-state index is 12.9. The highest BCUT2D eigenvalue weighted by molar-refractivity contribution is 7.89. The van der Waals surface area contributed by atoms with Crippen LogP contribution in [-0.2, 0) is 21.2 Å². The van der Waals surface area contributed by atoms with Gasteiger partial charge in [-0.1, -0.05) is 12.1 Å². The van der Waals surface area contributed by atoms with Crippen molar-refractivity contribution in [2.45, 2.75) is 37.4 Å². The molecule has 7 nitrogen and oxygen atoms in total. The van der Waals surface area contributed by atoms with Crippen molar-refractivity contribution in [3.8, 4) is 6.07 Å². The lowest BCUT2D eigenvalue weighted by Crippen LogP contribution is -2.48. The van der Waals surface area contributed by atoms with Crippen LogP contribution in [0.4, 0.5) is 5.69 Å². The van der Waals surface area contributed by atoms with Crippen molar-refractivity contribution in [1.82, 2.24) is 4.31 Å². The lowest BCUT2D eigenvalue weighted by Gasteiger charge is -2.34. The zero-order chi connectivity index (χ0) is 21.0. The number of amides is 1. The van der Waals surface area contributed by atoms with Crippen LogP contribution < -0.4 is 5.32 Å². The van der Waals surface area contributed by atoms with Crippen molar-refractivity contribution < 1.29 is 17.9 Å². The van der Waals surface area contributed by atoms with Crippen LogP contribution in [0.2, 0.25) is 0 Å². The second-order valence-corrected chi connectivity index (χ2v) is 9.03. The van der Waals surface area contributed by atoms with Crippen molar-refractivity contribution in [2.75, 3.05) is 18.4 Å². The lowest BCUT2D eigenvalue weighted by molar-refractivity contribution is -0.0440. The molecule has 0 radical (unpaired) electrons. The molecule has 0 bridgehead atoms. The van der Waals surface area contributed by atoms with Gasteiger partial charge < -0.3 is 10.1 Å². The molecule has 0 spiro atoms. The summed E-state index contributed by atoms with van der Waals surface area (Å²) in [4.78, 5) is 12.6. The van der Waals surface area contributed by atoms with Gasteiger partial charge in [-0.25, -0.2) is 8.42 Å². The average Bonchev–Trinajstić information content (AvgIpc) is 2.69. The minimum Gasteiger partial charge on any atom is -0.373 e. The maximum absolute atomic E-state index is 12.9. The summed E-state index contributed by atoms with van der Waals surface area (Å²) < 4.78 is 32.8. The van der Waals surface area contributed by atoms with E-state index in [2.05, 4.69) is 11.4 Å². The predicted molar refractivity (Wildman–Crippen MR) is 109 cm³/mol. The number of carbonyl (C=O) groups is 1. The van der Waals surface area contributed by atoms with Crippen LogP contribution in [0.1, 0.15) is 29.8 Å². The normalized spacial score (nSPS) is 20.0. The first-order valence-electron chi connectivity index (χ1n) is 9.32. The van der Waals surface area contributed by atoms with Crippen molar-refractivity contribution in [1.29, 1.82) is 5.26 Å². The van der Waals surface area contributed by atoms with Crippen LogP contribution in [-0.4, -0.2) is 43.9 Å². The molecule has 1 saturated heterocycles. The number of sulfonamides is 1. The third-order valence-corrected chi connectivity index (χ3v) is 6.48. The molecule has 1 N–H and O–H groups in total. The first-order chi connectivity index (χ1) is 13.8. The van der Waals surface area contributed by atoms with E-state index in [0.717, 1.165) is 5.56 Å². The average molecular weight is 413 g/mol. The van der Waals surface area contributed by atoms with Crippen LogP contribution >= 0.6 is 0 Å². The SMILES string of the molecule is C[C@H]1CN(S(=O)(=O)c2ccc(C(=O)Nc3ccc(CC#N)cc3)cc2)C[C@H](C)O1. The largest absolute Gasteiger partial charge is 0.373 e. The lowest BCUT2D eigenvalue weighted by atomic mass is 10.1. The Balaban J connectivity index is 1.70. The van der Waals surface area contributed by atoms with Gasteiger partial charge >= 0.3 is 0 Å².